The second-order valence-electron chi connectivity index (χ2n) is 5.53. The van der Waals surface area contributed by atoms with Gasteiger partial charge in [-0.25, -0.2) is 0 Å². The fourth-order valence-corrected chi connectivity index (χ4v) is 2.91. The number of likely N-dealkylation sites (N-methyl/N-ethyl adjacent to an activating group) is 1. The number of anilines is 1. The minimum absolute atomic E-state index is 0.0226. The number of nitrogens with zero attached hydrogens (tertiary/aromatic N) is 2. The third kappa shape index (κ3) is 4.96. The van der Waals surface area contributed by atoms with Gasteiger partial charge in [0.1, 0.15) is 6.54 Å². The van der Waals surface area contributed by atoms with E-state index in [1.165, 1.54) is 21.9 Å². The lowest BCUT2D eigenvalue weighted by molar-refractivity contribution is -0.121. The van der Waals surface area contributed by atoms with E-state index in [4.69, 9.17) is 0 Å². The van der Waals surface area contributed by atoms with Crippen molar-refractivity contribution < 1.29 is 4.79 Å². The largest absolute Gasteiger partial charge is 0.370 e. The Labute approximate surface area is 150 Å². The van der Waals surface area contributed by atoms with E-state index >= 15 is 0 Å². The van der Waals surface area contributed by atoms with Gasteiger partial charge >= 0.3 is 0 Å². The number of hydrogen-bond acceptors (Lipinski definition) is 3. The number of amides is 1. The molecule has 1 N–H and O–H groups in total. The summed E-state index contributed by atoms with van der Waals surface area (Å²) in [5.74, 6) is -0.170. The maximum atomic E-state index is 12.0. The molecule has 0 unspecified atom stereocenters. The minimum atomic E-state index is -0.191. The summed E-state index contributed by atoms with van der Waals surface area (Å²) in [4.78, 5) is 26.0. The predicted octanol–water partition coefficient (Wildman–Crippen LogP) is 2.56. The third-order valence-electron chi connectivity index (χ3n) is 3.80. The maximum Gasteiger partial charge on any atom is 0.251 e. The summed E-state index contributed by atoms with van der Waals surface area (Å²) in [5, 5.41) is 2.88. The molecule has 0 radical (unpaired) electrons. The molecule has 1 amide bonds. The van der Waals surface area contributed by atoms with Crippen LogP contribution in [0.3, 0.4) is 0 Å². The predicted molar refractivity (Wildman–Crippen MR) is 100 cm³/mol. The van der Waals surface area contributed by atoms with Crippen molar-refractivity contribution in [3.63, 3.8) is 0 Å². The van der Waals surface area contributed by atoms with Crippen molar-refractivity contribution in [2.45, 2.75) is 20.4 Å². The quantitative estimate of drug-likeness (QED) is 0.788. The lowest BCUT2D eigenvalue weighted by atomic mass is 10.2. The number of rotatable bonds is 7. The highest BCUT2D eigenvalue weighted by Gasteiger charge is 2.08. The monoisotopic (exact) mass is 391 g/mol. The molecule has 0 aliphatic heterocycles. The van der Waals surface area contributed by atoms with Crippen LogP contribution in [0.1, 0.15) is 12.5 Å². The van der Waals surface area contributed by atoms with E-state index < -0.39 is 0 Å². The topological polar surface area (TPSA) is 54.3 Å². The Kier molecular flexibility index (Phi) is 6.61. The average Bonchev–Trinajstić information content (AvgIpc) is 2.56. The van der Waals surface area contributed by atoms with Crippen molar-refractivity contribution in [1.82, 2.24) is 9.88 Å². The van der Waals surface area contributed by atoms with Gasteiger partial charge in [0, 0.05) is 42.1 Å². The van der Waals surface area contributed by atoms with Crippen LogP contribution in [0.15, 0.2) is 51.9 Å². The van der Waals surface area contributed by atoms with Gasteiger partial charge < -0.3 is 14.8 Å². The molecule has 1 heterocycles. The average molecular weight is 392 g/mol. The van der Waals surface area contributed by atoms with Crippen LogP contribution in [0.4, 0.5) is 5.69 Å². The number of aryl methyl sites for hydroxylation is 1. The van der Waals surface area contributed by atoms with Gasteiger partial charge in [0.25, 0.3) is 5.56 Å². The minimum Gasteiger partial charge on any atom is -0.370 e. The molecule has 128 valence electrons. The van der Waals surface area contributed by atoms with Crippen LogP contribution in [-0.4, -0.2) is 30.1 Å². The van der Waals surface area contributed by atoms with Gasteiger partial charge in [-0.2, -0.15) is 0 Å². The molecule has 2 rings (SSSR count). The van der Waals surface area contributed by atoms with Crippen LogP contribution in [0, 0.1) is 6.92 Å². The Morgan fingerprint density at radius 3 is 2.71 bits per heavy atom. The maximum absolute atomic E-state index is 12.0. The number of aromatic nitrogens is 1. The van der Waals surface area contributed by atoms with Crippen LogP contribution in [0.5, 0.6) is 0 Å². The van der Waals surface area contributed by atoms with Crippen molar-refractivity contribution in [3.05, 3.63) is 63.0 Å². The summed E-state index contributed by atoms with van der Waals surface area (Å²) in [5.41, 5.74) is 2.20. The zero-order valence-electron chi connectivity index (χ0n) is 14.0. The van der Waals surface area contributed by atoms with E-state index in [1.807, 2.05) is 12.1 Å². The number of para-hydroxylation sites is 1. The zero-order chi connectivity index (χ0) is 17.5. The number of nitrogens with one attached hydrogen (secondary N) is 1. The summed E-state index contributed by atoms with van der Waals surface area (Å²) in [6.07, 6.45) is 1.62. The van der Waals surface area contributed by atoms with Crippen LogP contribution < -0.4 is 15.8 Å². The van der Waals surface area contributed by atoms with Crippen LogP contribution >= 0.6 is 15.9 Å². The number of pyridine rings is 1. The highest BCUT2D eigenvalue weighted by atomic mass is 79.9. The van der Waals surface area contributed by atoms with E-state index in [0.717, 1.165) is 17.6 Å². The molecule has 5 nitrogen and oxygen atoms in total. The molecule has 6 heteroatoms. The van der Waals surface area contributed by atoms with Crippen molar-refractivity contribution >= 4 is 27.5 Å². The molecule has 1 aromatic heterocycles. The Balaban J connectivity index is 1.88. The van der Waals surface area contributed by atoms with Gasteiger partial charge in [0.15, 0.2) is 0 Å². The Bertz CT molecular complexity index is 758. The van der Waals surface area contributed by atoms with Gasteiger partial charge in [-0.3, -0.25) is 9.59 Å². The Hall–Kier alpha value is -2.08. The first-order valence-corrected chi connectivity index (χ1v) is 8.74. The van der Waals surface area contributed by atoms with Crippen LogP contribution in [0.2, 0.25) is 0 Å². The normalized spacial score (nSPS) is 10.5. The third-order valence-corrected chi connectivity index (χ3v) is 4.27. The molecule has 2 aromatic rings. The molecule has 0 fully saturated rings. The van der Waals surface area contributed by atoms with Crippen molar-refractivity contribution in [2.75, 3.05) is 24.5 Å². The number of halogens is 1. The lowest BCUT2D eigenvalue weighted by Crippen LogP contribution is -2.38. The summed E-state index contributed by atoms with van der Waals surface area (Å²) in [7, 11) is 0. The fraction of sp³-hybridized carbons (Fsp3) is 0.333. The molecule has 24 heavy (non-hydrogen) atoms. The van der Waals surface area contributed by atoms with E-state index in [0.29, 0.717) is 6.54 Å². The Morgan fingerprint density at radius 1 is 1.25 bits per heavy atom. The SMILES string of the molecule is CCN(CCNC(=O)Cn1cc(Br)ccc1=O)c1ccccc1C. The lowest BCUT2D eigenvalue weighted by Gasteiger charge is -2.25. The summed E-state index contributed by atoms with van der Waals surface area (Å²) >= 11 is 3.30. The van der Waals surface area contributed by atoms with E-state index in [1.54, 1.807) is 12.3 Å². The second kappa shape index (κ2) is 8.68. The first kappa shape index (κ1) is 18.3. The van der Waals surface area contributed by atoms with Crippen LogP contribution in [-0.2, 0) is 11.3 Å². The van der Waals surface area contributed by atoms with E-state index in [2.05, 4.69) is 52.1 Å². The number of carbonyl (C=O) groups excluding carboxylic acids is 1. The van der Waals surface area contributed by atoms with Crippen LogP contribution in [0.25, 0.3) is 0 Å². The number of hydrogen-bond donors (Lipinski definition) is 1. The Morgan fingerprint density at radius 2 is 2.00 bits per heavy atom. The molecule has 0 aliphatic carbocycles. The highest BCUT2D eigenvalue weighted by molar-refractivity contribution is 9.10. The van der Waals surface area contributed by atoms with Gasteiger partial charge in [0.05, 0.1) is 0 Å². The van der Waals surface area contributed by atoms with Crippen molar-refractivity contribution in [2.24, 2.45) is 0 Å². The van der Waals surface area contributed by atoms with Gasteiger partial charge in [-0.1, -0.05) is 18.2 Å². The number of carbonyl (C=O) groups is 1. The van der Waals surface area contributed by atoms with Crippen molar-refractivity contribution in [3.8, 4) is 0 Å². The molecule has 0 spiro atoms. The summed E-state index contributed by atoms with van der Waals surface area (Å²) in [6.45, 7) is 6.32. The molecule has 0 bridgehead atoms. The smallest absolute Gasteiger partial charge is 0.251 e. The molecular formula is C18H22BrN3O2. The van der Waals surface area contributed by atoms with Crippen molar-refractivity contribution in [1.29, 1.82) is 0 Å². The van der Waals surface area contributed by atoms with E-state index in [-0.39, 0.29) is 18.0 Å². The zero-order valence-corrected chi connectivity index (χ0v) is 15.5. The number of benzene rings is 1. The molecule has 0 saturated carbocycles. The molecule has 0 atom stereocenters. The first-order chi connectivity index (χ1) is 11.5. The molecular weight excluding hydrogens is 370 g/mol. The first-order valence-electron chi connectivity index (χ1n) is 7.94. The summed E-state index contributed by atoms with van der Waals surface area (Å²) < 4.78 is 2.16. The summed E-state index contributed by atoms with van der Waals surface area (Å²) in [6, 6.07) is 11.3. The molecule has 1 aromatic carbocycles. The van der Waals surface area contributed by atoms with E-state index in [9.17, 15) is 9.59 Å². The molecule has 0 saturated heterocycles. The second-order valence-corrected chi connectivity index (χ2v) is 6.45. The standard InChI is InChI=1S/C18H22BrN3O2/c1-3-21(16-7-5-4-6-14(16)2)11-10-20-17(23)13-22-12-15(19)8-9-18(22)24/h4-9,12H,3,10-11,13H2,1-2H3,(H,20,23). The van der Waals surface area contributed by atoms with Gasteiger partial charge in [-0.05, 0) is 47.5 Å². The fourth-order valence-electron chi connectivity index (χ4n) is 2.53. The molecule has 0 aliphatic rings. The highest BCUT2D eigenvalue weighted by Crippen LogP contribution is 2.18. The van der Waals surface area contributed by atoms with Gasteiger partial charge in [0.2, 0.25) is 5.91 Å². The van der Waals surface area contributed by atoms with Gasteiger partial charge in [-0.15, -0.1) is 0 Å².